The van der Waals surface area contributed by atoms with Crippen LogP contribution in [0.4, 0.5) is 0 Å². The Morgan fingerprint density at radius 2 is 1.80 bits per heavy atom. The minimum Gasteiger partial charge on any atom is -0.366 e. The van der Waals surface area contributed by atoms with Crippen molar-refractivity contribution in [3.8, 4) is 10.4 Å². The van der Waals surface area contributed by atoms with E-state index in [2.05, 4.69) is 10.2 Å². The number of thiophene rings is 1. The van der Waals surface area contributed by atoms with E-state index in [1.54, 1.807) is 12.1 Å². The third kappa shape index (κ3) is 3.32. The van der Waals surface area contributed by atoms with Crippen molar-refractivity contribution in [3.05, 3.63) is 46.8 Å². The molecule has 0 spiro atoms. The summed E-state index contributed by atoms with van der Waals surface area (Å²) in [6.07, 6.45) is 2.37. The number of rotatable bonds is 4. The van der Waals surface area contributed by atoms with E-state index in [1.807, 2.05) is 24.3 Å². The molecular weight excluding hydrogens is 334 g/mol. The van der Waals surface area contributed by atoms with Gasteiger partial charge in [0.15, 0.2) is 0 Å². The number of fused-ring (bicyclic) bond motifs is 3. The molecule has 25 heavy (non-hydrogen) atoms. The topological polar surface area (TPSA) is 75.4 Å². The molecule has 1 aromatic heterocycles. The van der Waals surface area contributed by atoms with Crippen molar-refractivity contribution in [1.29, 1.82) is 0 Å². The zero-order valence-electron chi connectivity index (χ0n) is 13.9. The van der Waals surface area contributed by atoms with Crippen LogP contribution in [-0.2, 0) is 0 Å². The Morgan fingerprint density at radius 3 is 2.40 bits per heavy atom. The zero-order chi connectivity index (χ0) is 17.4. The zero-order valence-corrected chi connectivity index (χ0v) is 14.7. The lowest BCUT2D eigenvalue weighted by Crippen LogP contribution is -2.57. The van der Waals surface area contributed by atoms with Gasteiger partial charge in [0.1, 0.15) is 0 Å². The van der Waals surface area contributed by atoms with E-state index in [0.717, 1.165) is 21.9 Å². The van der Waals surface area contributed by atoms with E-state index in [-0.39, 0.29) is 11.9 Å². The summed E-state index contributed by atoms with van der Waals surface area (Å²) in [6, 6.07) is 11.3. The number of hydrogen-bond donors (Lipinski definition) is 2. The molecule has 3 saturated heterocycles. The Labute approximate surface area is 150 Å². The van der Waals surface area contributed by atoms with Crippen LogP contribution in [0.25, 0.3) is 10.4 Å². The molecule has 2 bridgehead atoms. The van der Waals surface area contributed by atoms with Crippen molar-refractivity contribution in [3.63, 3.8) is 0 Å². The van der Waals surface area contributed by atoms with Crippen molar-refractivity contribution in [1.82, 2.24) is 10.2 Å². The first-order valence-corrected chi connectivity index (χ1v) is 9.45. The molecule has 5 rings (SSSR count). The third-order valence-electron chi connectivity index (χ3n) is 5.26. The van der Waals surface area contributed by atoms with Crippen LogP contribution >= 0.6 is 11.3 Å². The highest BCUT2D eigenvalue weighted by molar-refractivity contribution is 7.17. The molecule has 3 fully saturated rings. The molecule has 2 aromatic rings. The Morgan fingerprint density at radius 1 is 1.08 bits per heavy atom. The molecular formula is C19H21N3O2S. The Hall–Kier alpha value is -2.18. The number of amides is 2. The van der Waals surface area contributed by atoms with Crippen LogP contribution in [0.3, 0.4) is 0 Å². The van der Waals surface area contributed by atoms with Gasteiger partial charge >= 0.3 is 0 Å². The number of piperidine rings is 3. The minimum atomic E-state index is -0.435. The number of nitrogens with two attached hydrogens (primary N) is 1. The molecule has 2 amide bonds. The molecule has 130 valence electrons. The van der Waals surface area contributed by atoms with Crippen LogP contribution in [0.1, 0.15) is 32.9 Å². The first kappa shape index (κ1) is 16.3. The van der Waals surface area contributed by atoms with Crippen molar-refractivity contribution in [2.75, 3.05) is 19.6 Å². The molecule has 6 heteroatoms. The molecule has 0 saturated carbocycles. The third-order valence-corrected chi connectivity index (χ3v) is 6.39. The van der Waals surface area contributed by atoms with Crippen LogP contribution in [-0.4, -0.2) is 42.4 Å². The average molecular weight is 355 g/mol. The van der Waals surface area contributed by atoms with Gasteiger partial charge in [0.2, 0.25) is 5.91 Å². The number of carbonyl (C=O) groups is 2. The van der Waals surface area contributed by atoms with Crippen molar-refractivity contribution in [2.24, 2.45) is 11.7 Å². The average Bonchev–Trinajstić information content (AvgIpc) is 3.13. The van der Waals surface area contributed by atoms with Gasteiger partial charge in [0.25, 0.3) is 5.91 Å². The van der Waals surface area contributed by atoms with Gasteiger partial charge in [0, 0.05) is 23.0 Å². The van der Waals surface area contributed by atoms with Gasteiger partial charge in [-0.3, -0.25) is 9.59 Å². The van der Waals surface area contributed by atoms with Gasteiger partial charge in [-0.05, 0) is 61.7 Å². The SMILES string of the molecule is NC(=O)c1ccc(-c2ccc(C(=O)N[C@H]3CN4CCC3CC4)s2)cc1. The van der Waals surface area contributed by atoms with Crippen molar-refractivity contribution < 1.29 is 9.59 Å². The van der Waals surface area contributed by atoms with E-state index in [4.69, 9.17) is 5.73 Å². The lowest BCUT2D eigenvalue weighted by atomic mass is 9.84. The quantitative estimate of drug-likeness (QED) is 0.884. The number of carbonyl (C=O) groups excluding carboxylic acids is 2. The summed E-state index contributed by atoms with van der Waals surface area (Å²) < 4.78 is 0. The highest BCUT2D eigenvalue weighted by Gasteiger charge is 2.35. The van der Waals surface area contributed by atoms with Gasteiger partial charge in [-0.1, -0.05) is 12.1 Å². The Balaban J connectivity index is 1.45. The van der Waals surface area contributed by atoms with E-state index in [0.29, 0.717) is 11.5 Å². The fourth-order valence-corrected chi connectivity index (χ4v) is 4.70. The molecule has 0 unspecified atom stereocenters. The van der Waals surface area contributed by atoms with Crippen LogP contribution in [0.15, 0.2) is 36.4 Å². The summed E-state index contributed by atoms with van der Waals surface area (Å²) in [5.74, 6) is 0.203. The number of nitrogens with one attached hydrogen (secondary N) is 1. The monoisotopic (exact) mass is 355 g/mol. The second kappa shape index (κ2) is 6.61. The summed E-state index contributed by atoms with van der Waals surface area (Å²) in [5.41, 5.74) is 6.74. The van der Waals surface area contributed by atoms with Crippen LogP contribution < -0.4 is 11.1 Å². The molecule has 0 radical (unpaired) electrons. The normalized spacial score (nSPS) is 24.9. The van der Waals surface area contributed by atoms with Crippen LogP contribution in [0.2, 0.25) is 0 Å². The molecule has 3 aliphatic rings. The highest BCUT2D eigenvalue weighted by Crippen LogP contribution is 2.30. The van der Waals surface area contributed by atoms with Gasteiger partial charge in [0.05, 0.1) is 4.88 Å². The smallest absolute Gasteiger partial charge is 0.261 e. The van der Waals surface area contributed by atoms with Crippen LogP contribution in [0.5, 0.6) is 0 Å². The Kier molecular flexibility index (Phi) is 4.31. The molecule has 3 aliphatic heterocycles. The molecule has 4 heterocycles. The largest absolute Gasteiger partial charge is 0.366 e. The fraction of sp³-hybridized carbons (Fsp3) is 0.368. The number of nitrogens with zero attached hydrogens (tertiary/aromatic N) is 1. The number of hydrogen-bond acceptors (Lipinski definition) is 4. The molecule has 1 aromatic carbocycles. The van der Waals surface area contributed by atoms with Gasteiger partial charge in [-0.25, -0.2) is 0 Å². The summed E-state index contributed by atoms with van der Waals surface area (Å²) in [6.45, 7) is 3.31. The molecule has 5 nitrogen and oxygen atoms in total. The van der Waals surface area contributed by atoms with Gasteiger partial charge in [-0.2, -0.15) is 0 Å². The van der Waals surface area contributed by atoms with Crippen LogP contribution in [0, 0.1) is 5.92 Å². The maximum atomic E-state index is 12.6. The van der Waals surface area contributed by atoms with Gasteiger partial charge in [-0.15, -0.1) is 11.3 Å². The second-order valence-electron chi connectivity index (χ2n) is 6.82. The highest BCUT2D eigenvalue weighted by atomic mass is 32.1. The second-order valence-corrected chi connectivity index (χ2v) is 7.91. The van der Waals surface area contributed by atoms with Crippen molar-refractivity contribution in [2.45, 2.75) is 18.9 Å². The van der Waals surface area contributed by atoms with E-state index < -0.39 is 5.91 Å². The molecule has 3 N–H and O–H groups in total. The standard InChI is InChI=1S/C19H21N3O2S/c20-18(23)14-3-1-13(2-4-14)16-5-6-17(25-16)19(24)21-15-11-22-9-7-12(15)8-10-22/h1-6,12,15H,7-11H2,(H2,20,23)(H,21,24)/t15-/m0/s1. The minimum absolute atomic E-state index is 0.0174. The maximum Gasteiger partial charge on any atom is 0.261 e. The lowest BCUT2D eigenvalue weighted by Gasteiger charge is -2.44. The van der Waals surface area contributed by atoms with E-state index in [1.165, 1.54) is 37.3 Å². The fourth-order valence-electron chi connectivity index (χ4n) is 3.78. The summed E-state index contributed by atoms with van der Waals surface area (Å²) in [5, 5.41) is 3.22. The summed E-state index contributed by atoms with van der Waals surface area (Å²) in [7, 11) is 0. The molecule has 1 atom stereocenters. The van der Waals surface area contributed by atoms with E-state index in [9.17, 15) is 9.59 Å². The lowest BCUT2D eigenvalue weighted by molar-refractivity contribution is 0.0622. The van der Waals surface area contributed by atoms with E-state index >= 15 is 0 Å². The summed E-state index contributed by atoms with van der Waals surface area (Å²) in [4.78, 5) is 27.9. The number of benzene rings is 1. The first-order chi connectivity index (χ1) is 12.1. The first-order valence-electron chi connectivity index (χ1n) is 8.63. The predicted molar refractivity (Wildman–Crippen MR) is 98.7 cm³/mol. The van der Waals surface area contributed by atoms with Crippen molar-refractivity contribution >= 4 is 23.2 Å². The summed E-state index contributed by atoms with van der Waals surface area (Å²) >= 11 is 1.48. The predicted octanol–water partition coefficient (Wildman–Crippen LogP) is 2.34. The number of primary amides is 1. The molecule has 0 aliphatic carbocycles. The van der Waals surface area contributed by atoms with Gasteiger partial charge < -0.3 is 16.0 Å². The Bertz CT molecular complexity index is 791. The maximum absolute atomic E-state index is 12.6.